The van der Waals surface area contributed by atoms with E-state index in [4.69, 9.17) is 0 Å². The first kappa shape index (κ1) is 22.9. The number of carbonyl (C=O) groups is 1. The number of hydrogen-bond donors (Lipinski definition) is 2. The van der Waals surface area contributed by atoms with Crippen molar-refractivity contribution in [2.24, 2.45) is 4.99 Å². The maximum Gasteiger partial charge on any atom is 0.387 e. The van der Waals surface area contributed by atoms with Crippen LogP contribution >= 0.6 is 24.0 Å². The van der Waals surface area contributed by atoms with Gasteiger partial charge in [0.25, 0.3) is 0 Å². The van der Waals surface area contributed by atoms with Gasteiger partial charge in [0, 0.05) is 31.4 Å². The van der Waals surface area contributed by atoms with Crippen LogP contribution in [-0.4, -0.2) is 38.6 Å². The largest absolute Gasteiger partial charge is 0.434 e. The van der Waals surface area contributed by atoms with E-state index >= 15 is 0 Å². The quantitative estimate of drug-likeness (QED) is 0.352. The lowest BCUT2D eigenvalue weighted by molar-refractivity contribution is -0.117. The number of amides is 1. The SMILES string of the molecule is CN=C(NCC(=O)N1CCc2ccccc21)NCc1ccccc1OC(F)F.I. The summed E-state index contributed by atoms with van der Waals surface area (Å²) in [5.41, 5.74) is 2.66. The molecule has 0 saturated carbocycles. The standard InChI is InChI=1S/C20H22F2N4O2.HI/c1-23-20(24-12-15-7-3-5-9-17(15)28-19(21)22)25-13-18(27)26-11-10-14-6-2-4-8-16(14)26;/h2-9,19H,10-13H2,1H3,(H2,23,24,25);1H. The molecule has 1 heterocycles. The van der Waals surface area contributed by atoms with Gasteiger partial charge in [0.2, 0.25) is 5.91 Å². The van der Waals surface area contributed by atoms with Gasteiger partial charge >= 0.3 is 6.61 Å². The summed E-state index contributed by atoms with van der Waals surface area (Å²) in [4.78, 5) is 18.4. The maximum absolute atomic E-state index is 12.6. The second-order valence-corrected chi connectivity index (χ2v) is 6.19. The smallest absolute Gasteiger partial charge is 0.387 e. The molecular formula is C20H23F2IN4O2. The fraction of sp³-hybridized carbons (Fsp3) is 0.300. The molecule has 0 radical (unpaired) electrons. The van der Waals surface area contributed by atoms with E-state index in [2.05, 4.69) is 20.4 Å². The number of para-hydroxylation sites is 2. The van der Waals surface area contributed by atoms with Gasteiger partial charge in [-0.25, -0.2) is 0 Å². The Balaban J connectivity index is 0.00000300. The Labute approximate surface area is 185 Å². The second kappa shape index (κ2) is 10.9. The van der Waals surface area contributed by atoms with Gasteiger partial charge in [0.15, 0.2) is 5.96 Å². The van der Waals surface area contributed by atoms with Crippen molar-refractivity contribution in [3.05, 3.63) is 59.7 Å². The lowest BCUT2D eigenvalue weighted by atomic mass is 10.2. The van der Waals surface area contributed by atoms with E-state index < -0.39 is 6.61 Å². The highest BCUT2D eigenvalue weighted by Crippen LogP contribution is 2.27. The van der Waals surface area contributed by atoms with Crippen LogP contribution in [0.15, 0.2) is 53.5 Å². The van der Waals surface area contributed by atoms with Crippen LogP contribution in [0.5, 0.6) is 5.75 Å². The monoisotopic (exact) mass is 516 g/mol. The van der Waals surface area contributed by atoms with E-state index in [1.807, 2.05) is 24.3 Å². The van der Waals surface area contributed by atoms with E-state index in [1.54, 1.807) is 30.1 Å². The topological polar surface area (TPSA) is 66.0 Å². The number of rotatable bonds is 6. The average molecular weight is 516 g/mol. The molecule has 2 aromatic rings. The number of nitrogens with one attached hydrogen (secondary N) is 2. The predicted molar refractivity (Wildman–Crippen MR) is 119 cm³/mol. The zero-order valence-electron chi connectivity index (χ0n) is 15.9. The fourth-order valence-electron chi connectivity index (χ4n) is 3.11. The molecule has 0 saturated heterocycles. The van der Waals surface area contributed by atoms with Crippen molar-refractivity contribution in [1.29, 1.82) is 0 Å². The lowest BCUT2D eigenvalue weighted by Crippen LogP contribution is -2.44. The Morgan fingerprint density at radius 1 is 1.17 bits per heavy atom. The van der Waals surface area contributed by atoms with Crippen molar-refractivity contribution in [2.75, 3.05) is 25.0 Å². The number of halogens is 3. The minimum absolute atomic E-state index is 0. The number of alkyl halides is 2. The molecule has 29 heavy (non-hydrogen) atoms. The van der Waals surface area contributed by atoms with Crippen LogP contribution in [0.2, 0.25) is 0 Å². The van der Waals surface area contributed by atoms with Gasteiger partial charge in [-0.2, -0.15) is 8.78 Å². The van der Waals surface area contributed by atoms with Gasteiger partial charge in [-0.15, -0.1) is 24.0 Å². The van der Waals surface area contributed by atoms with Crippen LogP contribution in [-0.2, 0) is 17.8 Å². The summed E-state index contributed by atoms with van der Waals surface area (Å²) < 4.78 is 29.5. The Kier molecular flexibility index (Phi) is 8.62. The van der Waals surface area contributed by atoms with Gasteiger partial charge in [0.05, 0.1) is 6.54 Å². The lowest BCUT2D eigenvalue weighted by Gasteiger charge is -2.19. The molecule has 2 N–H and O–H groups in total. The number of carbonyl (C=O) groups excluding carboxylic acids is 1. The first-order valence-corrected chi connectivity index (χ1v) is 8.94. The molecule has 0 atom stereocenters. The van der Waals surface area contributed by atoms with Gasteiger partial charge in [-0.1, -0.05) is 36.4 Å². The summed E-state index contributed by atoms with van der Waals surface area (Å²) in [5.74, 6) is 0.437. The summed E-state index contributed by atoms with van der Waals surface area (Å²) in [6.07, 6.45) is 0.843. The van der Waals surface area contributed by atoms with E-state index in [0.29, 0.717) is 18.1 Å². The number of hydrogen-bond acceptors (Lipinski definition) is 3. The molecule has 0 spiro atoms. The molecule has 156 valence electrons. The molecule has 2 aromatic carbocycles. The van der Waals surface area contributed by atoms with Gasteiger partial charge < -0.3 is 20.3 Å². The van der Waals surface area contributed by atoms with Crippen LogP contribution in [0.3, 0.4) is 0 Å². The Hall–Kier alpha value is -2.43. The first-order valence-electron chi connectivity index (χ1n) is 8.94. The molecule has 3 rings (SSSR count). The molecule has 6 nitrogen and oxygen atoms in total. The van der Waals surface area contributed by atoms with Crippen molar-refractivity contribution >= 4 is 41.5 Å². The van der Waals surface area contributed by atoms with Crippen LogP contribution in [0.4, 0.5) is 14.5 Å². The van der Waals surface area contributed by atoms with Crippen molar-refractivity contribution < 1.29 is 18.3 Å². The summed E-state index contributed by atoms with van der Waals surface area (Å²) in [6.45, 7) is -1.93. The highest BCUT2D eigenvalue weighted by Gasteiger charge is 2.23. The molecular weight excluding hydrogens is 493 g/mol. The minimum atomic E-state index is -2.89. The third-order valence-electron chi connectivity index (χ3n) is 4.45. The Morgan fingerprint density at radius 2 is 1.90 bits per heavy atom. The number of aliphatic imine (C=N–C) groups is 1. The fourth-order valence-corrected chi connectivity index (χ4v) is 3.11. The summed E-state index contributed by atoms with van der Waals surface area (Å²) >= 11 is 0. The van der Waals surface area contributed by atoms with Crippen LogP contribution < -0.4 is 20.3 Å². The molecule has 1 amide bonds. The molecule has 9 heteroatoms. The molecule has 0 fully saturated rings. The van der Waals surface area contributed by atoms with Crippen molar-refractivity contribution in [1.82, 2.24) is 10.6 Å². The zero-order chi connectivity index (χ0) is 19.9. The number of nitrogens with zero attached hydrogens (tertiary/aromatic N) is 2. The zero-order valence-corrected chi connectivity index (χ0v) is 18.2. The Morgan fingerprint density at radius 3 is 2.66 bits per heavy atom. The number of anilines is 1. The number of benzene rings is 2. The van der Waals surface area contributed by atoms with Crippen molar-refractivity contribution in [3.8, 4) is 5.75 Å². The maximum atomic E-state index is 12.6. The van der Waals surface area contributed by atoms with Crippen molar-refractivity contribution in [2.45, 2.75) is 19.6 Å². The molecule has 1 aliphatic heterocycles. The molecule has 1 aliphatic rings. The van der Waals surface area contributed by atoms with Crippen molar-refractivity contribution in [3.63, 3.8) is 0 Å². The third kappa shape index (κ3) is 6.02. The van der Waals surface area contributed by atoms with E-state index in [9.17, 15) is 13.6 Å². The summed E-state index contributed by atoms with van der Waals surface area (Å²) in [6, 6.07) is 14.4. The van der Waals surface area contributed by atoms with E-state index in [0.717, 1.165) is 17.7 Å². The van der Waals surface area contributed by atoms with Crippen LogP contribution in [0.25, 0.3) is 0 Å². The van der Waals surface area contributed by atoms with Gasteiger partial charge in [0.1, 0.15) is 5.75 Å². The second-order valence-electron chi connectivity index (χ2n) is 6.19. The summed E-state index contributed by atoms with van der Waals surface area (Å²) in [5, 5.41) is 5.97. The predicted octanol–water partition coefficient (Wildman–Crippen LogP) is 3.16. The Bertz CT molecular complexity index is 864. The molecule has 0 bridgehead atoms. The normalized spacial score (nSPS) is 13.0. The van der Waals surface area contributed by atoms with Gasteiger partial charge in [-0.3, -0.25) is 9.79 Å². The van der Waals surface area contributed by atoms with E-state index in [-0.39, 0.29) is 48.7 Å². The van der Waals surface area contributed by atoms with Crippen LogP contribution in [0, 0.1) is 0 Å². The summed E-state index contributed by atoms with van der Waals surface area (Å²) in [7, 11) is 1.58. The highest BCUT2D eigenvalue weighted by molar-refractivity contribution is 14.0. The van der Waals surface area contributed by atoms with E-state index in [1.165, 1.54) is 6.07 Å². The van der Waals surface area contributed by atoms with Gasteiger partial charge in [-0.05, 0) is 24.1 Å². The highest BCUT2D eigenvalue weighted by atomic mass is 127. The average Bonchev–Trinajstić information content (AvgIpc) is 3.13. The number of fused-ring (bicyclic) bond motifs is 1. The molecule has 0 unspecified atom stereocenters. The first-order chi connectivity index (χ1) is 13.6. The molecule has 0 aliphatic carbocycles. The van der Waals surface area contributed by atoms with Crippen LogP contribution in [0.1, 0.15) is 11.1 Å². The third-order valence-corrected chi connectivity index (χ3v) is 4.45. The minimum Gasteiger partial charge on any atom is -0.434 e. The molecule has 0 aromatic heterocycles. The number of ether oxygens (including phenoxy) is 1. The number of guanidine groups is 1.